The van der Waals surface area contributed by atoms with Gasteiger partial charge in [0.1, 0.15) is 11.6 Å². The summed E-state index contributed by atoms with van der Waals surface area (Å²) < 4.78 is 24.6. The maximum absolute atomic E-state index is 13.4. The Labute approximate surface area is 202 Å². The number of halogens is 1. The van der Waals surface area contributed by atoms with Gasteiger partial charge in [-0.1, -0.05) is 44.7 Å². The number of carbonyl (C=O) groups excluding carboxylic acids is 2. The minimum absolute atomic E-state index is 0.0000734. The third kappa shape index (κ3) is 8.60. The van der Waals surface area contributed by atoms with Crippen LogP contribution in [-0.2, 0) is 27.4 Å². The highest BCUT2D eigenvalue weighted by Crippen LogP contribution is 2.17. The molecule has 0 radical (unpaired) electrons. The van der Waals surface area contributed by atoms with Crippen LogP contribution in [-0.4, -0.2) is 47.4 Å². The Morgan fingerprint density at radius 3 is 2.47 bits per heavy atom. The number of amides is 2. The van der Waals surface area contributed by atoms with Crippen molar-refractivity contribution in [1.29, 1.82) is 0 Å². The Bertz CT molecular complexity index is 863. The number of hydrogen-bond acceptors (Lipinski definition) is 4. The molecule has 0 saturated carbocycles. The van der Waals surface area contributed by atoms with E-state index in [2.05, 4.69) is 6.92 Å². The Morgan fingerprint density at radius 1 is 1.00 bits per heavy atom. The average Bonchev–Trinajstić information content (AvgIpc) is 3.54. The monoisotopic (exact) mass is 472 g/mol. The van der Waals surface area contributed by atoms with Crippen LogP contribution >= 0.6 is 0 Å². The molecule has 1 unspecified atom stereocenters. The van der Waals surface area contributed by atoms with E-state index in [9.17, 15) is 14.0 Å². The quantitative estimate of drug-likeness (QED) is 0.349. The molecule has 0 spiro atoms. The minimum atomic E-state index is -0.320. The van der Waals surface area contributed by atoms with Gasteiger partial charge in [0.2, 0.25) is 11.8 Å². The van der Waals surface area contributed by atoms with E-state index in [1.165, 1.54) is 18.6 Å². The molecule has 1 fully saturated rings. The number of hydrogen-bond donors (Lipinski definition) is 0. The van der Waals surface area contributed by atoms with Crippen LogP contribution in [0.1, 0.15) is 69.6 Å². The van der Waals surface area contributed by atoms with E-state index in [0.29, 0.717) is 31.9 Å². The van der Waals surface area contributed by atoms with Gasteiger partial charge in [0.25, 0.3) is 0 Å². The zero-order chi connectivity index (χ0) is 24.2. The first kappa shape index (κ1) is 25.9. The molecule has 0 bridgehead atoms. The summed E-state index contributed by atoms with van der Waals surface area (Å²) in [5.41, 5.74) is 0.814. The lowest BCUT2D eigenvalue weighted by Gasteiger charge is -2.29. The summed E-state index contributed by atoms with van der Waals surface area (Å²) in [5.74, 6) is 0.168. The molecule has 2 aromatic rings. The first-order valence-corrected chi connectivity index (χ1v) is 12.5. The standard InChI is InChI=1S/C27H37FN2O4/c1-2-3-4-5-6-11-26(31)30(20-25-10-8-17-34-25)21-27(32)29(19-24-9-7-16-33-24)18-22-12-14-23(28)15-13-22/h7,9,12-16,25H,2-6,8,10-11,17-21H2,1H3. The molecular formula is C27H37FN2O4. The van der Waals surface area contributed by atoms with Crippen molar-refractivity contribution in [1.82, 2.24) is 9.80 Å². The molecule has 0 N–H and O–H groups in total. The van der Waals surface area contributed by atoms with Crippen LogP contribution < -0.4 is 0 Å². The van der Waals surface area contributed by atoms with E-state index in [1.54, 1.807) is 34.3 Å². The van der Waals surface area contributed by atoms with Crippen LogP contribution in [0.2, 0.25) is 0 Å². The molecule has 2 heterocycles. The van der Waals surface area contributed by atoms with Gasteiger partial charge >= 0.3 is 0 Å². The Balaban J connectivity index is 1.67. The predicted molar refractivity (Wildman–Crippen MR) is 128 cm³/mol. The molecular weight excluding hydrogens is 435 g/mol. The van der Waals surface area contributed by atoms with E-state index in [4.69, 9.17) is 9.15 Å². The van der Waals surface area contributed by atoms with E-state index in [1.807, 2.05) is 6.07 Å². The highest BCUT2D eigenvalue weighted by atomic mass is 19.1. The van der Waals surface area contributed by atoms with Crippen LogP contribution in [0.25, 0.3) is 0 Å². The smallest absolute Gasteiger partial charge is 0.242 e. The largest absolute Gasteiger partial charge is 0.467 e. The van der Waals surface area contributed by atoms with Gasteiger partial charge in [-0.3, -0.25) is 9.59 Å². The van der Waals surface area contributed by atoms with E-state index >= 15 is 0 Å². The lowest BCUT2D eigenvalue weighted by Crippen LogP contribution is -2.45. The van der Waals surface area contributed by atoms with Crippen molar-refractivity contribution in [3.05, 3.63) is 59.8 Å². The second-order valence-corrected chi connectivity index (χ2v) is 9.03. The first-order chi connectivity index (χ1) is 16.5. The summed E-state index contributed by atoms with van der Waals surface area (Å²) in [5, 5.41) is 0. The van der Waals surface area contributed by atoms with Crippen molar-refractivity contribution in [2.45, 2.75) is 77.5 Å². The van der Waals surface area contributed by atoms with Gasteiger partial charge in [-0.15, -0.1) is 0 Å². The van der Waals surface area contributed by atoms with E-state index in [0.717, 1.165) is 44.1 Å². The predicted octanol–water partition coefficient (Wildman–Crippen LogP) is 5.32. The Kier molecular flexibility index (Phi) is 10.6. The van der Waals surface area contributed by atoms with Crippen molar-refractivity contribution >= 4 is 11.8 Å². The third-order valence-corrected chi connectivity index (χ3v) is 6.19. The maximum atomic E-state index is 13.4. The topological polar surface area (TPSA) is 63.0 Å². The second kappa shape index (κ2) is 13.9. The fourth-order valence-corrected chi connectivity index (χ4v) is 4.22. The van der Waals surface area contributed by atoms with Crippen molar-refractivity contribution < 1.29 is 23.1 Å². The van der Waals surface area contributed by atoms with Crippen molar-refractivity contribution in [2.24, 2.45) is 0 Å². The summed E-state index contributed by atoms with van der Waals surface area (Å²) in [6, 6.07) is 9.71. The van der Waals surface area contributed by atoms with Crippen LogP contribution in [0.4, 0.5) is 4.39 Å². The molecule has 1 saturated heterocycles. The van der Waals surface area contributed by atoms with Crippen molar-refractivity contribution in [3.8, 4) is 0 Å². The molecule has 0 aliphatic carbocycles. The Morgan fingerprint density at radius 2 is 1.79 bits per heavy atom. The summed E-state index contributed by atoms with van der Waals surface area (Å²) in [6.07, 6.45) is 9.20. The average molecular weight is 473 g/mol. The molecule has 6 nitrogen and oxygen atoms in total. The molecule has 1 atom stereocenters. The highest BCUT2D eigenvalue weighted by molar-refractivity contribution is 5.84. The van der Waals surface area contributed by atoms with Gasteiger partial charge in [0, 0.05) is 26.1 Å². The van der Waals surface area contributed by atoms with Crippen LogP contribution in [0.15, 0.2) is 47.1 Å². The number of nitrogens with zero attached hydrogens (tertiary/aromatic N) is 2. The maximum Gasteiger partial charge on any atom is 0.242 e. The van der Waals surface area contributed by atoms with Gasteiger partial charge in [-0.05, 0) is 49.1 Å². The summed E-state index contributed by atoms with van der Waals surface area (Å²) in [4.78, 5) is 29.8. The third-order valence-electron chi connectivity index (χ3n) is 6.19. The zero-order valence-corrected chi connectivity index (χ0v) is 20.2. The number of unbranched alkanes of at least 4 members (excludes halogenated alkanes) is 4. The zero-order valence-electron chi connectivity index (χ0n) is 20.2. The lowest BCUT2D eigenvalue weighted by atomic mass is 10.1. The van der Waals surface area contributed by atoms with E-state index in [-0.39, 0.29) is 36.8 Å². The molecule has 7 heteroatoms. The molecule has 2 amide bonds. The second-order valence-electron chi connectivity index (χ2n) is 9.03. The molecule has 34 heavy (non-hydrogen) atoms. The number of carbonyl (C=O) groups is 2. The van der Waals surface area contributed by atoms with Gasteiger partial charge < -0.3 is 19.0 Å². The fourth-order valence-electron chi connectivity index (χ4n) is 4.22. The molecule has 1 aromatic carbocycles. The normalized spacial score (nSPS) is 15.4. The Hall–Kier alpha value is -2.67. The summed E-state index contributed by atoms with van der Waals surface area (Å²) in [7, 11) is 0. The highest BCUT2D eigenvalue weighted by Gasteiger charge is 2.26. The van der Waals surface area contributed by atoms with Crippen molar-refractivity contribution in [3.63, 3.8) is 0 Å². The molecule has 1 aliphatic heterocycles. The van der Waals surface area contributed by atoms with Crippen LogP contribution in [0, 0.1) is 5.82 Å². The lowest BCUT2D eigenvalue weighted by molar-refractivity contribution is -0.142. The van der Waals surface area contributed by atoms with Gasteiger partial charge in [-0.2, -0.15) is 0 Å². The van der Waals surface area contributed by atoms with Crippen molar-refractivity contribution in [2.75, 3.05) is 19.7 Å². The molecule has 186 valence electrons. The first-order valence-electron chi connectivity index (χ1n) is 12.5. The summed E-state index contributed by atoms with van der Waals surface area (Å²) in [6.45, 7) is 3.88. The van der Waals surface area contributed by atoms with Gasteiger partial charge in [-0.25, -0.2) is 4.39 Å². The number of rotatable bonds is 14. The number of furan rings is 1. The van der Waals surface area contributed by atoms with Gasteiger partial charge in [0.05, 0.1) is 25.5 Å². The fraction of sp³-hybridized carbons (Fsp3) is 0.556. The van der Waals surface area contributed by atoms with Gasteiger partial charge in [0.15, 0.2) is 0 Å². The number of ether oxygens (including phenoxy) is 1. The van der Waals surface area contributed by atoms with Crippen LogP contribution in [0.3, 0.4) is 0 Å². The molecule has 1 aromatic heterocycles. The number of benzene rings is 1. The van der Waals surface area contributed by atoms with E-state index < -0.39 is 0 Å². The summed E-state index contributed by atoms with van der Waals surface area (Å²) >= 11 is 0. The molecule has 3 rings (SSSR count). The molecule has 1 aliphatic rings. The SMILES string of the molecule is CCCCCCCC(=O)N(CC(=O)N(Cc1ccc(F)cc1)Cc1ccco1)CC1CCCO1. The minimum Gasteiger partial charge on any atom is -0.467 e. The van der Waals surface area contributed by atoms with Crippen LogP contribution in [0.5, 0.6) is 0 Å².